The van der Waals surface area contributed by atoms with Crippen LogP contribution in [-0.2, 0) is 0 Å². The van der Waals surface area contributed by atoms with Gasteiger partial charge in [0.15, 0.2) is 0 Å². The zero-order chi connectivity index (χ0) is 25.3. The molecule has 0 radical (unpaired) electrons. The Bertz CT molecular complexity index is 1880. The highest BCUT2D eigenvalue weighted by molar-refractivity contribution is 6.05. The first-order valence-electron chi connectivity index (χ1n) is 13.1. The molecule has 0 aliphatic heterocycles. The number of hydrogen-bond acceptors (Lipinski definition) is 0. The molecule has 0 amide bonds. The maximum Gasteiger partial charge on any atom is -0.00992 e. The molecule has 38 heavy (non-hydrogen) atoms. The van der Waals surface area contributed by atoms with Crippen LogP contribution in [0.4, 0.5) is 0 Å². The molecule has 0 heteroatoms. The lowest BCUT2D eigenvalue weighted by Crippen LogP contribution is -1.87. The van der Waals surface area contributed by atoms with Crippen LogP contribution in [0.1, 0.15) is 0 Å². The fourth-order valence-corrected chi connectivity index (χ4v) is 5.49. The van der Waals surface area contributed by atoms with Crippen molar-refractivity contribution in [1.29, 1.82) is 0 Å². The third-order valence-corrected chi connectivity index (χ3v) is 7.51. The quantitative estimate of drug-likeness (QED) is 0.234. The first-order chi connectivity index (χ1) is 18.8. The van der Waals surface area contributed by atoms with Crippen LogP contribution in [-0.4, -0.2) is 0 Å². The second kappa shape index (κ2) is 9.50. The Kier molecular flexibility index (Phi) is 5.57. The van der Waals surface area contributed by atoms with Crippen molar-refractivity contribution in [2.24, 2.45) is 0 Å². The molecular formula is C38H26. The molecule has 0 aliphatic carbocycles. The predicted octanol–water partition coefficient (Wildman–Crippen LogP) is 10.7. The van der Waals surface area contributed by atoms with E-state index in [2.05, 4.69) is 158 Å². The zero-order valence-electron chi connectivity index (χ0n) is 21.0. The van der Waals surface area contributed by atoms with Gasteiger partial charge in [-0.15, -0.1) is 0 Å². The van der Waals surface area contributed by atoms with Gasteiger partial charge in [-0.3, -0.25) is 0 Å². The maximum atomic E-state index is 2.28. The van der Waals surface area contributed by atoms with Crippen LogP contribution >= 0.6 is 0 Å². The van der Waals surface area contributed by atoms with E-state index in [1.54, 1.807) is 0 Å². The van der Waals surface area contributed by atoms with Crippen LogP contribution in [0, 0.1) is 0 Å². The molecule has 7 aromatic carbocycles. The third-order valence-electron chi connectivity index (χ3n) is 7.51. The van der Waals surface area contributed by atoms with Crippen molar-refractivity contribution in [3.8, 4) is 44.5 Å². The molecule has 0 saturated carbocycles. The van der Waals surface area contributed by atoms with Gasteiger partial charge in [-0.25, -0.2) is 0 Å². The first-order valence-corrected chi connectivity index (χ1v) is 13.1. The second-order valence-corrected chi connectivity index (χ2v) is 9.79. The van der Waals surface area contributed by atoms with Crippen LogP contribution < -0.4 is 0 Å². The van der Waals surface area contributed by atoms with Gasteiger partial charge < -0.3 is 0 Å². The second-order valence-electron chi connectivity index (χ2n) is 9.79. The van der Waals surface area contributed by atoms with Crippen molar-refractivity contribution < 1.29 is 0 Å². The standard InChI is InChI=1S/C38H26/c1-2-8-27(9-3-1)29-14-19-31(20-15-29)35-24-25-36(38-13-7-6-12-37(35)38)32-21-16-30(17-22-32)34-23-18-28-10-4-5-11-33(28)26-34/h1-26H. The minimum atomic E-state index is 1.23. The fourth-order valence-electron chi connectivity index (χ4n) is 5.49. The molecule has 0 unspecified atom stereocenters. The summed E-state index contributed by atoms with van der Waals surface area (Å²) in [5.41, 5.74) is 9.95. The van der Waals surface area contributed by atoms with Crippen molar-refractivity contribution in [3.63, 3.8) is 0 Å². The van der Waals surface area contributed by atoms with E-state index in [1.165, 1.54) is 66.1 Å². The van der Waals surface area contributed by atoms with E-state index in [0.29, 0.717) is 0 Å². The Morgan fingerprint density at radius 1 is 0.237 bits per heavy atom. The van der Waals surface area contributed by atoms with Crippen LogP contribution in [0.2, 0.25) is 0 Å². The van der Waals surface area contributed by atoms with E-state index >= 15 is 0 Å². The van der Waals surface area contributed by atoms with Gasteiger partial charge in [0, 0.05) is 0 Å². The molecule has 0 bridgehead atoms. The molecule has 0 saturated heterocycles. The van der Waals surface area contributed by atoms with E-state index < -0.39 is 0 Å². The first kappa shape index (κ1) is 22.3. The number of hydrogen-bond donors (Lipinski definition) is 0. The van der Waals surface area contributed by atoms with Crippen LogP contribution in [0.5, 0.6) is 0 Å². The average molecular weight is 483 g/mol. The summed E-state index contributed by atoms with van der Waals surface area (Å²) in [6.45, 7) is 0. The third kappa shape index (κ3) is 4.07. The lowest BCUT2D eigenvalue weighted by Gasteiger charge is -2.13. The maximum absolute atomic E-state index is 2.28. The van der Waals surface area contributed by atoms with Crippen molar-refractivity contribution >= 4 is 21.5 Å². The summed E-state index contributed by atoms with van der Waals surface area (Å²) in [5.74, 6) is 0. The monoisotopic (exact) mass is 482 g/mol. The minimum Gasteiger partial charge on any atom is -0.0622 e. The molecule has 0 atom stereocenters. The SMILES string of the molecule is c1ccc(-c2ccc(-c3ccc(-c4ccc(-c5ccc6ccccc6c5)cc4)c4ccccc34)cc2)cc1. The van der Waals surface area contributed by atoms with Gasteiger partial charge in [0.05, 0.1) is 0 Å². The highest BCUT2D eigenvalue weighted by Gasteiger charge is 2.10. The Hall–Kier alpha value is -4.94. The molecule has 0 aliphatic rings. The Morgan fingerprint density at radius 3 is 1.26 bits per heavy atom. The molecule has 0 spiro atoms. The Balaban J connectivity index is 1.25. The van der Waals surface area contributed by atoms with Crippen molar-refractivity contribution in [1.82, 2.24) is 0 Å². The van der Waals surface area contributed by atoms with Crippen LogP contribution in [0.15, 0.2) is 158 Å². The van der Waals surface area contributed by atoms with E-state index in [-0.39, 0.29) is 0 Å². The summed E-state index contributed by atoms with van der Waals surface area (Å²) in [5, 5.41) is 5.09. The van der Waals surface area contributed by atoms with Gasteiger partial charge in [0.25, 0.3) is 0 Å². The van der Waals surface area contributed by atoms with E-state index in [9.17, 15) is 0 Å². The van der Waals surface area contributed by atoms with Gasteiger partial charge in [-0.2, -0.15) is 0 Å². The minimum absolute atomic E-state index is 1.23. The highest BCUT2D eigenvalue weighted by Crippen LogP contribution is 2.37. The summed E-state index contributed by atoms with van der Waals surface area (Å²) in [6, 6.07) is 57.0. The number of rotatable bonds is 4. The smallest absolute Gasteiger partial charge is 0.00992 e. The molecular weight excluding hydrogens is 456 g/mol. The summed E-state index contributed by atoms with van der Waals surface area (Å²) >= 11 is 0. The molecule has 0 fully saturated rings. The number of benzene rings is 7. The molecule has 178 valence electrons. The van der Waals surface area contributed by atoms with E-state index in [4.69, 9.17) is 0 Å². The normalized spacial score (nSPS) is 11.2. The Morgan fingerprint density at radius 2 is 0.658 bits per heavy atom. The van der Waals surface area contributed by atoms with E-state index in [0.717, 1.165) is 0 Å². The molecule has 7 aromatic rings. The summed E-state index contributed by atoms with van der Waals surface area (Å²) in [7, 11) is 0. The van der Waals surface area contributed by atoms with Gasteiger partial charge in [-0.1, -0.05) is 152 Å². The van der Waals surface area contributed by atoms with E-state index in [1.807, 2.05) is 0 Å². The van der Waals surface area contributed by atoms with Crippen molar-refractivity contribution in [2.45, 2.75) is 0 Å². The average Bonchev–Trinajstić information content (AvgIpc) is 3.01. The largest absolute Gasteiger partial charge is 0.0622 e. The molecule has 0 aromatic heterocycles. The fraction of sp³-hybridized carbons (Fsp3) is 0. The summed E-state index contributed by atoms with van der Waals surface area (Å²) in [6.07, 6.45) is 0. The molecule has 0 nitrogen and oxygen atoms in total. The molecule has 0 N–H and O–H groups in total. The summed E-state index contributed by atoms with van der Waals surface area (Å²) in [4.78, 5) is 0. The molecule has 0 heterocycles. The Labute approximate surface area is 223 Å². The van der Waals surface area contributed by atoms with Crippen molar-refractivity contribution in [2.75, 3.05) is 0 Å². The predicted molar refractivity (Wildman–Crippen MR) is 163 cm³/mol. The topological polar surface area (TPSA) is 0 Å². The lowest BCUT2D eigenvalue weighted by atomic mass is 9.91. The van der Waals surface area contributed by atoms with Crippen LogP contribution in [0.25, 0.3) is 66.1 Å². The lowest BCUT2D eigenvalue weighted by molar-refractivity contribution is 1.59. The number of fused-ring (bicyclic) bond motifs is 2. The zero-order valence-corrected chi connectivity index (χ0v) is 21.0. The van der Waals surface area contributed by atoms with Crippen LogP contribution in [0.3, 0.4) is 0 Å². The van der Waals surface area contributed by atoms with Gasteiger partial charge in [0.1, 0.15) is 0 Å². The van der Waals surface area contributed by atoms with Gasteiger partial charge >= 0.3 is 0 Å². The summed E-state index contributed by atoms with van der Waals surface area (Å²) < 4.78 is 0. The van der Waals surface area contributed by atoms with Crippen molar-refractivity contribution in [3.05, 3.63) is 158 Å². The van der Waals surface area contributed by atoms with Gasteiger partial charge in [-0.05, 0) is 72.1 Å². The highest BCUT2D eigenvalue weighted by atomic mass is 14.1. The molecule has 7 rings (SSSR count). The van der Waals surface area contributed by atoms with Gasteiger partial charge in [0.2, 0.25) is 0 Å².